The van der Waals surface area contributed by atoms with Crippen molar-refractivity contribution in [2.45, 2.75) is 39.8 Å². The van der Waals surface area contributed by atoms with Gasteiger partial charge in [-0.1, -0.05) is 0 Å². The minimum Gasteiger partial charge on any atom is -0.392 e. The maximum absolute atomic E-state index is 9.15. The molecular formula is C10H18N2OS. The highest BCUT2D eigenvalue weighted by molar-refractivity contribution is 7.11. The van der Waals surface area contributed by atoms with Crippen LogP contribution in [0.2, 0.25) is 0 Å². The highest BCUT2D eigenvalue weighted by Crippen LogP contribution is 2.24. The number of aromatic nitrogens is 1. The molecule has 0 amide bonds. The quantitative estimate of drug-likeness (QED) is 0.803. The minimum atomic E-state index is -0.299. The summed E-state index contributed by atoms with van der Waals surface area (Å²) in [4.78, 5) is 5.64. The van der Waals surface area contributed by atoms with Gasteiger partial charge in [0, 0.05) is 17.5 Å². The van der Waals surface area contributed by atoms with Crippen LogP contribution in [0.25, 0.3) is 0 Å². The number of nitrogens with one attached hydrogen (secondary N) is 1. The summed E-state index contributed by atoms with van der Waals surface area (Å²) in [5.74, 6) is 0. The zero-order valence-electron chi connectivity index (χ0n) is 9.16. The largest absolute Gasteiger partial charge is 0.392 e. The lowest BCUT2D eigenvalue weighted by molar-refractivity contribution is 0.187. The van der Waals surface area contributed by atoms with E-state index in [0.717, 1.165) is 10.7 Å². The van der Waals surface area contributed by atoms with Crippen LogP contribution in [0.4, 0.5) is 0 Å². The highest BCUT2D eigenvalue weighted by Gasteiger charge is 2.12. The molecule has 0 aliphatic heterocycles. The standard InChI is InChI=1S/C10H18N2OS/c1-6(13)5-11-7(2)10-8(3)12-9(4)14-10/h6-7,11,13H,5H2,1-4H3. The SMILES string of the molecule is Cc1nc(C)c(C(C)NCC(C)O)s1. The Hall–Kier alpha value is -0.450. The van der Waals surface area contributed by atoms with E-state index in [0.29, 0.717) is 6.54 Å². The first kappa shape index (κ1) is 11.6. The third-order valence-electron chi connectivity index (χ3n) is 2.05. The molecule has 0 bridgehead atoms. The topological polar surface area (TPSA) is 45.2 Å². The Balaban J connectivity index is 2.60. The van der Waals surface area contributed by atoms with Crippen LogP contribution >= 0.6 is 11.3 Å². The van der Waals surface area contributed by atoms with Gasteiger partial charge in [-0.3, -0.25) is 0 Å². The fourth-order valence-corrected chi connectivity index (χ4v) is 2.34. The lowest BCUT2D eigenvalue weighted by Crippen LogP contribution is -2.27. The van der Waals surface area contributed by atoms with Gasteiger partial charge in [-0.2, -0.15) is 0 Å². The molecule has 0 spiro atoms. The highest BCUT2D eigenvalue weighted by atomic mass is 32.1. The second-order valence-electron chi connectivity index (χ2n) is 3.66. The molecule has 1 rings (SSSR count). The predicted molar refractivity (Wildman–Crippen MR) is 59.7 cm³/mol. The van der Waals surface area contributed by atoms with Gasteiger partial charge in [-0.25, -0.2) is 4.98 Å². The van der Waals surface area contributed by atoms with Crippen LogP contribution in [0.15, 0.2) is 0 Å². The fourth-order valence-electron chi connectivity index (χ4n) is 1.39. The van der Waals surface area contributed by atoms with Crippen molar-refractivity contribution in [3.8, 4) is 0 Å². The van der Waals surface area contributed by atoms with Crippen LogP contribution in [0.1, 0.15) is 35.5 Å². The lowest BCUT2D eigenvalue weighted by Gasteiger charge is -2.13. The monoisotopic (exact) mass is 214 g/mol. The zero-order valence-corrected chi connectivity index (χ0v) is 9.98. The summed E-state index contributed by atoms with van der Waals surface area (Å²) in [6, 6.07) is 0.274. The van der Waals surface area contributed by atoms with Gasteiger partial charge in [0.2, 0.25) is 0 Å². The second-order valence-corrected chi connectivity index (χ2v) is 4.90. The number of rotatable bonds is 4. The Bertz CT molecular complexity index is 296. The summed E-state index contributed by atoms with van der Waals surface area (Å²) >= 11 is 1.72. The molecule has 1 aromatic heterocycles. The average molecular weight is 214 g/mol. The third kappa shape index (κ3) is 3.04. The molecule has 0 saturated carbocycles. The Kier molecular flexibility index (Phi) is 4.04. The van der Waals surface area contributed by atoms with Gasteiger partial charge in [-0.15, -0.1) is 11.3 Å². The van der Waals surface area contributed by atoms with Gasteiger partial charge in [0.15, 0.2) is 0 Å². The smallest absolute Gasteiger partial charge is 0.0900 e. The molecular weight excluding hydrogens is 196 g/mol. The number of hydrogen-bond donors (Lipinski definition) is 2. The summed E-state index contributed by atoms with van der Waals surface area (Å²) in [5.41, 5.74) is 1.10. The summed E-state index contributed by atoms with van der Waals surface area (Å²) in [7, 11) is 0. The summed E-state index contributed by atoms with van der Waals surface area (Å²) in [6.45, 7) is 8.55. The maximum Gasteiger partial charge on any atom is 0.0900 e. The first-order valence-corrected chi connectivity index (χ1v) is 5.67. The van der Waals surface area contributed by atoms with Crippen molar-refractivity contribution in [3.63, 3.8) is 0 Å². The van der Waals surface area contributed by atoms with Crippen molar-refractivity contribution in [1.29, 1.82) is 0 Å². The van der Waals surface area contributed by atoms with E-state index in [1.54, 1.807) is 18.3 Å². The zero-order chi connectivity index (χ0) is 10.7. The molecule has 2 unspecified atom stereocenters. The molecule has 0 aliphatic carbocycles. The van der Waals surface area contributed by atoms with E-state index in [1.807, 2.05) is 13.8 Å². The Morgan fingerprint density at radius 2 is 2.07 bits per heavy atom. The van der Waals surface area contributed by atoms with Crippen LogP contribution in [0.3, 0.4) is 0 Å². The summed E-state index contributed by atoms with van der Waals surface area (Å²) < 4.78 is 0. The molecule has 80 valence electrons. The van der Waals surface area contributed by atoms with E-state index in [4.69, 9.17) is 5.11 Å². The van der Waals surface area contributed by atoms with Crippen molar-refractivity contribution >= 4 is 11.3 Å². The maximum atomic E-state index is 9.15. The van der Waals surface area contributed by atoms with E-state index >= 15 is 0 Å². The van der Waals surface area contributed by atoms with Crippen molar-refractivity contribution in [3.05, 3.63) is 15.6 Å². The van der Waals surface area contributed by atoms with E-state index in [2.05, 4.69) is 17.2 Å². The average Bonchev–Trinajstić information content (AvgIpc) is 2.41. The van der Waals surface area contributed by atoms with Crippen LogP contribution in [0.5, 0.6) is 0 Å². The summed E-state index contributed by atoms with van der Waals surface area (Å²) in [6.07, 6.45) is -0.299. The van der Waals surface area contributed by atoms with E-state index in [1.165, 1.54) is 4.88 Å². The van der Waals surface area contributed by atoms with Gasteiger partial charge in [0.05, 0.1) is 16.8 Å². The van der Waals surface area contributed by atoms with Crippen LogP contribution < -0.4 is 5.32 Å². The first-order valence-electron chi connectivity index (χ1n) is 4.86. The predicted octanol–water partition coefficient (Wildman–Crippen LogP) is 1.79. The molecule has 1 aromatic rings. The van der Waals surface area contributed by atoms with Crippen molar-refractivity contribution < 1.29 is 5.11 Å². The Labute approximate surface area is 89.2 Å². The molecule has 2 atom stereocenters. The fraction of sp³-hybridized carbons (Fsp3) is 0.700. The first-order chi connectivity index (χ1) is 6.50. The molecule has 0 radical (unpaired) electrons. The lowest BCUT2D eigenvalue weighted by atomic mass is 10.2. The van der Waals surface area contributed by atoms with E-state index in [-0.39, 0.29) is 12.1 Å². The molecule has 1 heterocycles. The van der Waals surface area contributed by atoms with Gasteiger partial charge in [0.1, 0.15) is 0 Å². The number of aliphatic hydroxyl groups is 1. The molecule has 3 nitrogen and oxygen atoms in total. The molecule has 4 heteroatoms. The molecule has 0 aromatic carbocycles. The minimum absolute atomic E-state index is 0.274. The van der Waals surface area contributed by atoms with Gasteiger partial charge in [0.25, 0.3) is 0 Å². The third-order valence-corrected chi connectivity index (χ3v) is 3.31. The molecule has 0 fully saturated rings. The number of aliphatic hydroxyl groups excluding tert-OH is 1. The van der Waals surface area contributed by atoms with E-state index in [9.17, 15) is 0 Å². The van der Waals surface area contributed by atoms with E-state index < -0.39 is 0 Å². The van der Waals surface area contributed by atoms with Crippen molar-refractivity contribution in [2.24, 2.45) is 0 Å². The number of thiazole rings is 1. The Morgan fingerprint density at radius 1 is 1.43 bits per heavy atom. The van der Waals surface area contributed by atoms with Crippen molar-refractivity contribution in [1.82, 2.24) is 10.3 Å². The van der Waals surface area contributed by atoms with Crippen LogP contribution in [-0.2, 0) is 0 Å². The number of nitrogens with zero attached hydrogens (tertiary/aromatic N) is 1. The molecule has 14 heavy (non-hydrogen) atoms. The number of hydrogen-bond acceptors (Lipinski definition) is 4. The second kappa shape index (κ2) is 4.87. The van der Waals surface area contributed by atoms with Crippen LogP contribution in [0, 0.1) is 13.8 Å². The normalized spacial score (nSPS) is 15.5. The molecule has 0 aliphatic rings. The van der Waals surface area contributed by atoms with Crippen molar-refractivity contribution in [2.75, 3.05) is 6.54 Å². The summed E-state index contributed by atoms with van der Waals surface area (Å²) in [5, 5.41) is 13.5. The molecule has 0 saturated heterocycles. The number of aryl methyl sites for hydroxylation is 2. The van der Waals surface area contributed by atoms with Gasteiger partial charge >= 0.3 is 0 Å². The van der Waals surface area contributed by atoms with Gasteiger partial charge < -0.3 is 10.4 Å². The van der Waals surface area contributed by atoms with Gasteiger partial charge in [-0.05, 0) is 27.7 Å². The molecule has 2 N–H and O–H groups in total. The van der Waals surface area contributed by atoms with Crippen LogP contribution in [-0.4, -0.2) is 22.7 Å². The Morgan fingerprint density at radius 3 is 2.50 bits per heavy atom.